The molecule has 0 bridgehead atoms. The molecular weight excluding hydrogens is 362 g/mol. The predicted octanol–water partition coefficient (Wildman–Crippen LogP) is 2.22. The number of piperazine rings is 1. The Morgan fingerprint density at radius 2 is 1.85 bits per heavy atom. The van der Waals surface area contributed by atoms with E-state index in [1.54, 1.807) is 6.20 Å². The first-order valence-corrected chi connectivity index (χ1v) is 9.09. The van der Waals surface area contributed by atoms with Crippen LogP contribution in [0.1, 0.15) is 13.8 Å². The lowest BCUT2D eigenvalue weighted by Gasteiger charge is -2.36. The molecule has 0 unspecified atom stereocenters. The zero-order valence-electron chi connectivity index (χ0n) is 11.5. The summed E-state index contributed by atoms with van der Waals surface area (Å²) in [5, 5.41) is 0. The smallest absolute Gasteiger partial charge is 0.246 e. The van der Waals surface area contributed by atoms with Crippen molar-refractivity contribution in [3.8, 4) is 0 Å². The number of aromatic nitrogens is 1. The second kappa shape index (κ2) is 6.23. The maximum atomic E-state index is 12.6. The Balaban J connectivity index is 2.25. The van der Waals surface area contributed by atoms with Crippen molar-refractivity contribution in [2.24, 2.45) is 0 Å². The van der Waals surface area contributed by atoms with Crippen LogP contribution >= 0.6 is 28.1 Å². The highest BCUT2D eigenvalue weighted by molar-refractivity contribution is 9.10. The van der Waals surface area contributed by atoms with Crippen LogP contribution < -0.4 is 0 Å². The van der Waals surface area contributed by atoms with Gasteiger partial charge in [0.05, 0.1) is 8.98 Å². The van der Waals surface area contributed by atoms with E-state index in [1.807, 2.05) is 0 Å². The lowest BCUT2D eigenvalue weighted by molar-refractivity contribution is 0.154. The fourth-order valence-electron chi connectivity index (χ4n) is 2.23. The monoisotopic (exact) mass is 379 g/mol. The lowest BCUT2D eigenvalue weighted by Crippen LogP contribution is -2.50. The van der Waals surface area contributed by atoms with Crippen molar-refractivity contribution in [2.45, 2.75) is 24.8 Å². The minimum absolute atomic E-state index is 0.167. The molecule has 1 aromatic heterocycles. The van der Waals surface area contributed by atoms with Gasteiger partial charge in [-0.05, 0) is 29.8 Å². The third-order valence-corrected chi connectivity index (χ3v) is 6.87. The normalized spacial score (nSPS) is 18.6. The van der Waals surface area contributed by atoms with Gasteiger partial charge in [0.15, 0.2) is 0 Å². The highest BCUT2D eigenvalue weighted by Gasteiger charge is 2.30. The van der Waals surface area contributed by atoms with Crippen LogP contribution in [0, 0.1) is 4.51 Å². The van der Waals surface area contributed by atoms with Crippen LogP contribution in [0.25, 0.3) is 0 Å². The molecular formula is C12H18BrN3O2S2. The number of hydrogen-bond acceptors (Lipinski definition) is 4. The second-order valence-electron chi connectivity index (χ2n) is 5.03. The van der Waals surface area contributed by atoms with Gasteiger partial charge in [-0.25, -0.2) is 8.42 Å². The van der Waals surface area contributed by atoms with Crippen molar-refractivity contribution >= 4 is 38.2 Å². The van der Waals surface area contributed by atoms with E-state index in [2.05, 4.69) is 39.7 Å². The van der Waals surface area contributed by atoms with Gasteiger partial charge < -0.3 is 4.98 Å². The van der Waals surface area contributed by atoms with Crippen molar-refractivity contribution < 1.29 is 8.42 Å². The standard InChI is InChI=1S/C12H18BrN3O2S2/c1-9(2)15-3-5-16(6-4-15)20(17,18)11-8-14-7-10(13)12(11)19/h7-9H,3-6H2,1-2H3,(H,14,19). The van der Waals surface area contributed by atoms with Crippen molar-refractivity contribution in [3.05, 3.63) is 21.4 Å². The fourth-order valence-corrected chi connectivity index (χ4v) is 4.62. The summed E-state index contributed by atoms with van der Waals surface area (Å²) in [4.78, 5) is 5.25. The van der Waals surface area contributed by atoms with E-state index in [1.165, 1.54) is 10.5 Å². The number of halogens is 1. The quantitative estimate of drug-likeness (QED) is 0.818. The van der Waals surface area contributed by atoms with E-state index in [-0.39, 0.29) is 4.90 Å². The first kappa shape index (κ1) is 16.1. The average Bonchev–Trinajstić information content (AvgIpc) is 2.41. The van der Waals surface area contributed by atoms with Crippen LogP contribution in [0.3, 0.4) is 0 Å². The number of nitrogens with one attached hydrogen (secondary N) is 1. The molecule has 2 rings (SSSR count). The van der Waals surface area contributed by atoms with E-state index in [9.17, 15) is 8.42 Å². The topological polar surface area (TPSA) is 56.4 Å². The molecule has 0 radical (unpaired) electrons. The van der Waals surface area contributed by atoms with Gasteiger partial charge in [-0.2, -0.15) is 4.31 Å². The number of H-pyrrole nitrogens is 1. The van der Waals surface area contributed by atoms with E-state index < -0.39 is 10.0 Å². The molecule has 1 aliphatic rings. The molecule has 0 aromatic carbocycles. The molecule has 0 saturated carbocycles. The second-order valence-corrected chi connectivity index (χ2v) is 8.20. The van der Waals surface area contributed by atoms with Crippen molar-refractivity contribution in [2.75, 3.05) is 26.2 Å². The summed E-state index contributed by atoms with van der Waals surface area (Å²) in [7, 11) is -3.52. The van der Waals surface area contributed by atoms with Crippen LogP contribution in [0.5, 0.6) is 0 Å². The highest BCUT2D eigenvalue weighted by Crippen LogP contribution is 2.22. The Labute approximate surface area is 133 Å². The van der Waals surface area contributed by atoms with E-state index >= 15 is 0 Å². The number of pyridine rings is 1. The maximum absolute atomic E-state index is 12.6. The molecule has 20 heavy (non-hydrogen) atoms. The van der Waals surface area contributed by atoms with Crippen LogP contribution in [0.4, 0.5) is 0 Å². The summed E-state index contributed by atoms with van der Waals surface area (Å²) in [5.41, 5.74) is 0. The number of aromatic amines is 1. The largest absolute Gasteiger partial charge is 0.365 e. The molecule has 1 aliphatic heterocycles. The number of rotatable bonds is 3. The molecule has 0 amide bonds. The highest BCUT2D eigenvalue weighted by atomic mass is 79.9. The summed E-state index contributed by atoms with van der Waals surface area (Å²) in [6.07, 6.45) is 3.09. The van der Waals surface area contributed by atoms with Crippen LogP contribution in [0.15, 0.2) is 21.8 Å². The van der Waals surface area contributed by atoms with Crippen LogP contribution in [-0.2, 0) is 10.0 Å². The lowest BCUT2D eigenvalue weighted by atomic mass is 10.3. The Hall–Kier alpha value is -0.280. The first-order valence-electron chi connectivity index (χ1n) is 6.45. The number of sulfonamides is 1. The van der Waals surface area contributed by atoms with Gasteiger partial charge >= 0.3 is 0 Å². The fraction of sp³-hybridized carbons (Fsp3) is 0.583. The van der Waals surface area contributed by atoms with E-state index in [4.69, 9.17) is 12.2 Å². The first-order chi connectivity index (χ1) is 9.34. The zero-order chi connectivity index (χ0) is 14.9. The molecule has 0 aliphatic carbocycles. The Morgan fingerprint density at radius 1 is 1.25 bits per heavy atom. The summed E-state index contributed by atoms with van der Waals surface area (Å²) in [5.74, 6) is 0. The summed E-state index contributed by atoms with van der Waals surface area (Å²) in [6.45, 7) is 6.75. The van der Waals surface area contributed by atoms with E-state index in [0.29, 0.717) is 28.1 Å². The van der Waals surface area contributed by atoms with Gasteiger partial charge in [-0.15, -0.1) is 0 Å². The van der Waals surface area contributed by atoms with Crippen LogP contribution in [-0.4, -0.2) is 54.8 Å². The molecule has 8 heteroatoms. The molecule has 2 heterocycles. The minimum Gasteiger partial charge on any atom is -0.365 e. The summed E-state index contributed by atoms with van der Waals surface area (Å²) >= 11 is 8.46. The molecule has 1 fully saturated rings. The van der Waals surface area contributed by atoms with E-state index in [0.717, 1.165) is 13.1 Å². The third kappa shape index (κ3) is 3.14. The van der Waals surface area contributed by atoms with Crippen molar-refractivity contribution in [3.63, 3.8) is 0 Å². The summed E-state index contributed by atoms with van der Waals surface area (Å²) < 4.78 is 27.7. The Bertz CT molecular complexity index is 634. The minimum atomic E-state index is -3.52. The molecule has 112 valence electrons. The molecule has 0 atom stereocenters. The maximum Gasteiger partial charge on any atom is 0.246 e. The number of nitrogens with zero attached hydrogens (tertiary/aromatic N) is 2. The zero-order valence-corrected chi connectivity index (χ0v) is 14.7. The molecule has 0 spiro atoms. The predicted molar refractivity (Wildman–Crippen MR) is 84.8 cm³/mol. The van der Waals surface area contributed by atoms with Gasteiger partial charge in [-0.3, -0.25) is 4.90 Å². The SMILES string of the molecule is CC(C)N1CCN(S(=O)(=O)c2c[nH]cc(Br)c2=S)CC1. The molecule has 1 N–H and O–H groups in total. The van der Waals surface area contributed by atoms with Gasteiger partial charge in [-0.1, -0.05) is 12.2 Å². The van der Waals surface area contributed by atoms with Gasteiger partial charge in [0, 0.05) is 44.6 Å². The van der Waals surface area contributed by atoms with Crippen molar-refractivity contribution in [1.82, 2.24) is 14.2 Å². The molecule has 5 nitrogen and oxygen atoms in total. The Morgan fingerprint density at radius 3 is 2.40 bits per heavy atom. The number of hydrogen-bond donors (Lipinski definition) is 1. The van der Waals surface area contributed by atoms with Crippen molar-refractivity contribution in [1.29, 1.82) is 0 Å². The van der Waals surface area contributed by atoms with Gasteiger partial charge in [0.2, 0.25) is 10.0 Å². The third-order valence-electron chi connectivity index (χ3n) is 3.49. The average molecular weight is 380 g/mol. The van der Waals surface area contributed by atoms with Crippen LogP contribution in [0.2, 0.25) is 0 Å². The van der Waals surface area contributed by atoms with Gasteiger partial charge in [0.25, 0.3) is 0 Å². The molecule has 1 saturated heterocycles. The van der Waals surface area contributed by atoms with Gasteiger partial charge in [0.1, 0.15) is 4.90 Å². The molecule has 1 aromatic rings. The summed E-state index contributed by atoms with van der Waals surface area (Å²) in [6, 6.07) is 0.438. The Kier molecular flexibility index (Phi) is 5.01.